The van der Waals surface area contributed by atoms with Crippen LogP contribution in [0.4, 0.5) is 5.69 Å². The summed E-state index contributed by atoms with van der Waals surface area (Å²) in [6, 6.07) is 13.5. The number of amides is 2. The lowest BCUT2D eigenvalue weighted by Crippen LogP contribution is -2.33. The molecule has 0 bridgehead atoms. The molecular formula is C22H23Cl2N5O2S. The average molecular weight is 492 g/mol. The van der Waals surface area contributed by atoms with Crippen LogP contribution in [-0.2, 0) is 11.8 Å². The lowest BCUT2D eigenvalue weighted by Gasteiger charge is -2.21. The Morgan fingerprint density at radius 2 is 1.81 bits per heavy atom. The number of benzene rings is 2. The highest BCUT2D eigenvalue weighted by Gasteiger charge is 2.25. The summed E-state index contributed by atoms with van der Waals surface area (Å²) >= 11 is 13.2. The Bertz CT molecular complexity index is 1100. The van der Waals surface area contributed by atoms with Crippen LogP contribution >= 0.6 is 35.0 Å². The summed E-state index contributed by atoms with van der Waals surface area (Å²) in [6.07, 6.45) is 0. The molecular weight excluding hydrogens is 469 g/mol. The molecule has 1 heterocycles. The number of anilines is 1. The van der Waals surface area contributed by atoms with Crippen LogP contribution in [0.3, 0.4) is 0 Å². The molecule has 1 unspecified atom stereocenters. The summed E-state index contributed by atoms with van der Waals surface area (Å²) in [6.45, 7) is 4.00. The molecule has 0 saturated carbocycles. The normalized spacial score (nSPS) is 11.9. The van der Waals surface area contributed by atoms with Crippen molar-refractivity contribution >= 4 is 52.5 Å². The molecule has 2 amide bonds. The first kappa shape index (κ1) is 24.1. The van der Waals surface area contributed by atoms with Gasteiger partial charge in [0.1, 0.15) is 0 Å². The van der Waals surface area contributed by atoms with Gasteiger partial charge in [-0.2, -0.15) is 0 Å². The van der Waals surface area contributed by atoms with Crippen molar-refractivity contribution in [2.75, 3.05) is 11.1 Å². The van der Waals surface area contributed by atoms with Gasteiger partial charge in [0, 0.05) is 17.6 Å². The van der Waals surface area contributed by atoms with Crippen LogP contribution in [0.25, 0.3) is 0 Å². The molecule has 3 aromatic rings. The van der Waals surface area contributed by atoms with Crippen LogP contribution in [0.5, 0.6) is 0 Å². The van der Waals surface area contributed by atoms with Crippen molar-refractivity contribution in [1.29, 1.82) is 0 Å². The van der Waals surface area contributed by atoms with Crippen LogP contribution in [0, 0.1) is 5.92 Å². The molecule has 0 aliphatic heterocycles. The van der Waals surface area contributed by atoms with E-state index in [1.165, 1.54) is 11.8 Å². The van der Waals surface area contributed by atoms with Crippen LogP contribution in [-0.4, -0.2) is 32.3 Å². The third kappa shape index (κ3) is 6.03. The second-order valence-corrected chi connectivity index (χ2v) is 9.21. The molecule has 0 saturated heterocycles. The van der Waals surface area contributed by atoms with E-state index in [-0.39, 0.29) is 29.5 Å². The second kappa shape index (κ2) is 10.8. The van der Waals surface area contributed by atoms with E-state index in [4.69, 9.17) is 23.2 Å². The molecule has 2 aromatic carbocycles. The smallest absolute Gasteiger partial charge is 0.251 e. The predicted molar refractivity (Wildman–Crippen MR) is 128 cm³/mol. The molecule has 0 radical (unpaired) electrons. The van der Waals surface area contributed by atoms with E-state index < -0.39 is 0 Å². The number of carbonyl (C=O) groups excluding carboxylic acids is 2. The number of hydrogen-bond donors (Lipinski definition) is 2. The van der Waals surface area contributed by atoms with Crippen molar-refractivity contribution in [2.24, 2.45) is 13.0 Å². The summed E-state index contributed by atoms with van der Waals surface area (Å²) in [4.78, 5) is 25.0. The van der Waals surface area contributed by atoms with Gasteiger partial charge >= 0.3 is 0 Å². The maximum Gasteiger partial charge on any atom is 0.251 e. The van der Waals surface area contributed by atoms with Gasteiger partial charge in [0.05, 0.1) is 22.5 Å². The van der Waals surface area contributed by atoms with Crippen molar-refractivity contribution < 1.29 is 9.59 Å². The molecule has 2 N–H and O–H groups in total. The zero-order chi connectivity index (χ0) is 23.3. The van der Waals surface area contributed by atoms with Crippen LogP contribution in [0.2, 0.25) is 10.0 Å². The lowest BCUT2D eigenvalue weighted by atomic mass is 10.0. The van der Waals surface area contributed by atoms with E-state index in [1.54, 1.807) is 34.9 Å². The third-order valence-corrected chi connectivity index (χ3v) is 6.24. The van der Waals surface area contributed by atoms with Crippen molar-refractivity contribution in [3.8, 4) is 0 Å². The molecule has 0 aliphatic carbocycles. The van der Waals surface area contributed by atoms with E-state index >= 15 is 0 Å². The summed E-state index contributed by atoms with van der Waals surface area (Å²) in [5, 5.41) is 15.7. The molecule has 168 valence electrons. The fraction of sp³-hybridized carbons (Fsp3) is 0.273. The van der Waals surface area contributed by atoms with Gasteiger partial charge in [-0.15, -0.1) is 10.2 Å². The number of nitrogens with zero attached hydrogens (tertiary/aromatic N) is 3. The summed E-state index contributed by atoms with van der Waals surface area (Å²) in [5.74, 6) is 0.405. The van der Waals surface area contributed by atoms with Crippen molar-refractivity contribution in [1.82, 2.24) is 20.1 Å². The van der Waals surface area contributed by atoms with E-state index in [0.29, 0.717) is 32.3 Å². The van der Waals surface area contributed by atoms with Crippen LogP contribution < -0.4 is 10.6 Å². The maximum atomic E-state index is 12.6. The quantitative estimate of drug-likeness (QED) is 0.433. The lowest BCUT2D eigenvalue weighted by molar-refractivity contribution is -0.113. The van der Waals surface area contributed by atoms with Gasteiger partial charge in [-0.3, -0.25) is 9.59 Å². The number of rotatable bonds is 8. The Labute approximate surface area is 200 Å². The number of aromatic nitrogens is 3. The van der Waals surface area contributed by atoms with Gasteiger partial charge < -0.3 is 15.2 Å². The fourth-order valence-corrected chi connectivity index (χ4v) is 4.15. The number of nitrogens with one attached hydrogen (secondary N) is 2. The minimum atomic E-state index is -0.337. The molecule has 10 heteroatoms. The van der Waals surface area contributed by atoms with E-state index in [1.807, 2.05) is 39.1 Å². The van der Waals surface area contributed by atoms with Crippen LogP contribution in [0.15, 0.2) is 53.7 Å². The number of thioether (sulfide) groups is 1. The first-order valence-electron chi connectivity index (χ1n) is 9.89. The first-order valence-corrected chi connectivity index (χ1v) is 11.6. The van der Waals surface area contributed by atoms with E-state index in [0.717, 1.165) is 0 Å². The van der Waals surface area contributed by atoms with Gasteiger partial charge in [-0.1, -0.05) is 67.0 Å². The molecule has 1 aromatic heterocycles. The molecule has 7 nitrogen and oxygen atoms in total. The highest BCUT2D eigenvalue weighted by Crippen LogP contribution is 2.27. The van der Waals surface area contributed by atoms with Crippen molar-refractivity contribution in [3.05, 3.63) is 70.0 Å². The van der Waals surface area contributed by atoms with Gasteiger partial charge in [0.2, 0.25) is 5.91 Å². The molecule has 32 heavy (non-hydrogen) atoms. The summed E-state index contributed by atoms with van der Waals surface area (Å²) in [5.41, 5.74) is 1.07. The monoisotopic (exact) mass is 491 g/mol. The number of hydrogen-bond acceptors (Lipinski definition) is 5. The highest BCUT2D eigenvalue weighted by molar-refractivity contribution is 7.99. The number of carbonyl (C=O) groups is 2. The average Bonchev–Trinajstić information content (AvgIpc) is 3.12. The van der Waals surface area contributed by atoms with Gasteiger partial charge in [0.15, 0.2) is 11.0 Å². The second-order valence-electron chi connectivity index (χ2n) is 7.42. The van der Waals surface area contributed by atoms with Gasteiger partial charge in [-0.25, -0.2) is 0 Å². The van der Waals surface area contributed by atoms with E-state index in [2.05, 4.69) is 20.8 Å². The maximum absolute atomic E-state index is 12.6. The standard InChI is InChI=1S/C22H23Cl2N5O2S/c1-13(2)19(26-21(31)14-7-5-4-6-8-14)20-27-28-22(29(20)3)32-12-18(30)25-17-10-9-15(23)11-16(17)24/h4-11,13,19H,12H2,1-3H3,(H,25,30)(H,26,31). The minimum Gasteiger partial charge on any atom is -0.342 e. The highest BCUT2D eigenvalue weighted by atomic mass is 35.5. The third-order valence-electron chi connectivity index (χ3n) is 4.67. The first-order chi connectivity index (χ1) is 15.3. The predicted octanol–water partition coefficient (Wildman–Crippen LogP) is 4.98. The molecule has 0 spiro atoms. The summed E-state index contributed by atoms with van der Waals surface area (Å²) < 4.78 is 1.79. The Balaban J connectivity index is 1.66. The summed E-state index contributed by atoms with van der Waals surface area (Å²) in [7, 11) is 1.82. The minimum absolute atomic E-state index is 0.0822. The molecule has 0 fully saturated rings. The Morgan fingerprint density at radius 3 is 2.47 bits per heavy atom. The van der Waals surface area contributed by atoms with Gasteiger partial charge in [0.25, 0.3) is 5.91 Å². The molecule has 3 rings (SSSR count). The Kier molecular flexibility index (Phi) is 8.17. The van der Waals surface area contributed by atoms with Crippen molar-refractivity contribution in [2.45, 2.75) is 25.0 Å². The zero-order valence-electron chi connectivity index (χ0n) is 17.8. The van der Waals surface area contributed by atoms with Gasteiger partial charge in [-0.05, 0) is 36.2 Å². The van der Waals surface area contributed by atoms with Crippen LogP contribution in [0.1, 0.15) is 36.1 Å². The Hall–Kier alpha value is -2.55. The van der Waals surface area contributed by atoms with E-state index in [9.17, 15) is 9.59 Å². The Morgan fingerprint density at radius 1 is 1.09 bits per heavy atom. The number of halogens is 2. The topological polar surface area (TPSA) is 88.9 Å². The molecule has 0 aliphatic rings. The largest absolute Gasteiger partial charge is 0.342 e. The fourth-order valence-electron chi connectivity index (χ4n) is 2.97. The zero-order valence-corrected chi connectivity index (χ0v) is 20.1. The van der Waals surface area contributed by atoms with Crippen molar-refractivity contribution in [3.63, 3.8) is 0 Å². The SMILES string of the molecule is CC(C)C(NC(=O)c1ccccc1)c1nnc(SCC(=O)Nc2ccc(Cl)cc2Cl)n1C. The molecule has 1 atom stereocenters.